The van der Waals surface area contributed by atoms with Crippen LogP contribution in [-0.4, -0.2) is 41.8 Å². The van der Waals surface area contributed by atoms with Crippen LogP contribution in [0.3, 0.4) is 0 Å². The van der Waals surface area contributed by atoms with Crippen LogP contribution in [0.1, 0.15) is 0 Å². The largest absolute Gasteiger partial charge is 0.383 e. The van der Waals surface area contributed by atoms with E-state index in [0.717, 1.165) is 0 Å². The Morgan fingerprint density at radius 2 is 2.00 bits per heavy atom. The van der Waals surface area contributed by atoms with Crippen molar-refractivity contribution in [3.8, 4) is 0 Å². The molecular formula is C11H17BrClFN2O3S. The van der Waals surface area contributed by atoms with Gasteiger partial charge >= 0.3 is 0 Å². The van der Waals surface area contributed by atoms with Gasteiger partial charge in [-0.1, -0.05) is 6.07 Å². The maximum atomic E-state index is 13.7. The van der Waals surface area contributed by atoms with Crippen LogP contribution in [0.25, 0.3) is 0 Å². The van der Waals surface area contributed by atoms with Gasteiger partial charge in [-0.15, -0.1) is 12.4 Å². The minimum Gasteiger partial charge on any atom is -0.383 e. The second-order valence-corrected chi connectivity index (χ2v) is 6.28. The molecule has 0 amide bonds. The Balaban J connectivity index is 0.00000361. The standard InChI is InChI=1S/C11H16BrFN2O3S.ClH/c1-18-8-7-14-5-6-15-19(16,17)10-4-2-3-9(12)11(10)13;/h2-4,14-15H,5-8H2,1H3;1H. The Morgan fingerprint density at radius 1 is 1.30 bits per heavy atom. The van der Waals surface area contributed by atoms with Gasteiger partial charge in [0.25, 0.3) is 0 Å². The highest BCUT2D eigenvalue weighted by atomic mass is 79.9. The fraction of sp³-hybridized carbons (Fsp3) is 0.455. The molecule has 0 heterocycles. The molecule has 0 fully saturated rings. The Bertz CT molecular complexity index is 516. The van der Waals surface area contributed by atoms with Crippen molar-refractivity contribution in [1.29, 1.82) is 0 Å². The third-order valence-electron chi connectivity index (χ3n) is 2.28. The molecule has 0 saturated heterocycles. The summed E-state index contributed by atoms with van der Waals surface area (Å²) in [6, 6.07) is 4.14. The van der Waals surface area contributed by atoms with Gasteiger partial charge in [0.2, 0.25) is 10.0 Å². The van der Waals surface area contributed by atoms with Crippen molar-refractivity contribution >= 4 is 38.4 Å². The first-order valence-electron chi connectivity index (χ1n) is 5.62. The molecular weight excluding hydrogens is 375 g/mol. The number of sulfonamides is 1. The normalized spacial score (nSPS) is 11.2. The zero-order chi connectivity index (χ0) is 14.3. The van der Waals surface area contributed by atoms with E-state index in [2.05, 4.69) is 26.0 Å². The SMILES string of the molecule is COCCNCCNS(=O)(=O)c1cccc(Br)c1F.Cl. The highest BCUT2D eigenvalue weighted by molar-refractivity contribution is 9.10. The van der Waals surface area contributed by atoms with Crippen LogP contribution >= 0.6 is 28.3 Å². The monoisotopic (exact) mass is 390 g/mol. The lowest BCUT2D eigenvalue weighted by atomic mass is 10.3. The molecule has 1 aromatic rings. The van der Waals surface area contributed by atoms with Crippen molar-refractivity contribution in [2.75, 3.05) is 33.4 Å². The first-order chi connectivity index (χ1) is 8.99. The van der Waals surface area contributed by atoms with E-state index in [0.29, 0.717) is 19.7 Å². The third-order valence-corrected chi connectivity index (χ3v) is 4.37. The average Bonchev–Trinajstić information content (AvgIpc) is 2.36. The first kappa shape index (κ1) is 19.8. The summed E-state index contributed by atoms with van der Waals surface area (Å²) in [6.07, 6.45) is 0. The van der Waals surface area contributed by atoms with E-state index in [1.54, 1.807) is 7.11 Å². The number of halogens is 3. The van der Waals surface area contributed by atoms with Gasteiger partial charge < -0.3 is 10.1 Å². The summed E-state index contributed by atoms with van der Waals surface area (Å²) in [5.41, 5.74) is 0. The maximum Gasteiger partial charge on any atom is 0.243 e. The molecule has 2 N–H and O–H groups in total. The van der Waals surface area contributed by atoms with Crippen molar-refractivity contribution < 1.29 is 17.5 Å². The van der Waals surface area contributed by atoms with Gasteiger partial charge in [-0.25, -0.2) is 17.5 Å². The fourth-order valence-electron chi connectivity index (χ4n) is 1.34. The fourth-order valence-corrected chi connectivity index (χ4v) is 2.97. The summed E-state index contributed by atoms with van der Waals surface area (Å²) in [5, 5.41) is 2.98. The predicted octanol–water partition coefficient (Wildman–Crippen LogP) is 1.52. The summed E-state index contributed by atoms with van der Waals surface area (Å²) in [5.74, 6) is -0.789. The highest BCUT2D eigenvalue weighted by Crippen LogP contribution is 2.21. The van der Waals surface area contributed by atoms with Crippen molar-refractivity contribution in [2.45, 2.75) is 4.90 Å². The molecule has 1 rings (SSSR count). The van der Waals surface area contributed by atoms with Crippen LogP contribution in [0, 0.1) is 5.82 Å². The summed E-state index contributed by atoms with van der Waals surface area (Å²) in [4.78, 5) is -0.362. The van der Waals surface area contributed by atoms with Crippen LogP contribution in [-0.2, 0) is 14.8 Å². The van der Waals surface area contributed by atoms with Gasteiger partial charge in [-0.2, -0.15) is 0 Å². The Hall–Kier alpha value is -0.250. The minimum atomic E-state index is -3.83. The van der Waals surface area contributed by atoms with E-state index >= 15 is 0 Å². The molecule has 20 heavy (non-hydrogen) atoms. The third kappa shape index (κ3) is 6.02. The van der Waals surface area contributed by atoms with Crippen LogP contribution in [0.2, 0.25) is 0 Å². The van der Waals surface area contributed by atoms with Crippen molar-refractivity contribution in [2.24, 2.45) is 0 Å². The number of methoxy groups -OCH3 is 1. The van der Waals surface area contributed by atoms with Crippen LogP contribution in [0.4, 0.5) is 4.39 Å². The lowest BCUT2D eigenvalue weighted by molar-refractivity contribution is 0.199. The Kier molecular flexibility index (Phi) is 9.52. The second kappa shape index (κ2) is 9.64. The number of nitrogens with one attached hydrogen (secondary N) is 2. The summed E-state index contributed by atoms with van der Waals surface area (Å²) < 4.78 is 44.7. The molecule has 1 aromatic carbocycles. The number of hydrogen-bond acceptors (Lipinski definition) is 4. The number of hydrogen-bond donors (Lipinski definition) is 2. The first-order valence-corrected chi connectivity index (χ1v) is 7.90. The summed E-state index contributed by atoms with van der Waals surface area (Å²) in [6.45, 7) is 1.80. The van der Waals surface area contributed by atoms with Crippen LogP contribution < -0.4 is 10.0 Å². The molecule has 0 radical (unpaired) electrons. The summed E-state index contributed by atoms with van der Waals surface area (Å²) >= 11 is 2.96. The van der Waals surface area contributed by atoms with E-state index in [1.165, 1.54) is 18.2 Å². The van der Waals surface area contributed by atoms with E-state index < -0.39 is 15.8 Å². The number of benzene rings is 1. The minimum absolute atomic E-state index is 0. The molecule has 9 heteroatoms. The van der Waals surface area contributed by atoms with Crippen LogP contribution in [0.15, 0.2) is 27.6 Å². The Morgan fingerprint density at radius 3 is 2.65 bits per heavy atom. The van der Waals surface area contributed by atoms with E-state index in [1.807, 2.05) is 0 Å². The van der Waals surface area contributed by atoms with Gasteiger partial charge in [0.15, 0.2) is 5.82 Å². The van der Waals surface area contributed by atoms with Gasteiger partial charge in [0.1, 0.15) is 4.90 Å². The van der Waals surface area contributed by atoms with E-state index in [4.69, 9.17) is 4.74 Å². The quantitative estimate of drug-likeness (QED) is 0.660. The molecule has 0 unspecified atom stereocenters. The van der Waals surface area contributed by atoms with Gasteiger partial charge in [0.05, 0.1) is 11.1 Å². The molecule has 0 aromatic heterocycles. The molecule has 0 aliphatic carbocycles. The topological polar surface area (TPSA) is 67.4 Å². The van der Waals surface area contributed by atoms with Crippen molar-refractivity contribution in [3.63, 3.8) is 0 Å². The molecule has 0 spiro atoms. The summed E-state index contributed by atoms with van der Waals surface area (Å²) in [7, 11) is -2.25. The van der Waals surface area contributed by atoms with Crippen molar-refractivity contribution in [1.82, 2.24) is 10.0 Å². The Labute approximate surface area is 132 Å². The second-order valence-electron chi connectivity index (χ2n) is 3.69. The predicted molar refractivity (Wildman–Crippen MR) is 81.3 cm³/mol. The van der Waals surface area contributed by atoms with E-state index in [9.17, 15) is 12.8 Å². The molecule has 0 aliphatic rings. The molecule has 0 aliphatic heterocycles. The highest BCUT2D eigenvalue weighted by Gasteiger charge is 2.19. The number of ether oxygens (including phenoxy) is 1. The van der Waals surface area contributed by atoms with Gasteiger partial charge in [-0.3, -0.25) is 0 Å². The smallest absolute Gasteiger partial charge is 0.243 e. The molecule has 0 atom stereocenters. The molecule has 0 bridgehead atoms. The van der Waals surface area contributed by atoms with Gasteiger partial charge in [0, 0.05) is 26.7 Å². The zero-order valence-corrected chi connectivity index (χ0v) is 14.1. The lowest BCUT2D eigenvalue weighted by Gasteiger charge is -2.09. The van der Waals surface area contributed by atoms with E-state index in [-0.39, 0.29) is 28.3 Å². The average molecular weight is 392 g/mol. The number of rotatable bonds is 8. The van der Waals surface area contributed by atoms with Crippen molar-refractivity contribution in [3.05, 3.63) is 28.5 Å². The molecule has 5 nitrogen and oxygen atoms in total. The zero-order valence-electron chi connectivity index (χ0n) is 10.9. The molecule has 116 valence electrons. The van der Waals surface area contributed by atoms with Crippen LogP contribution in [0.5, 0.6) is 0 Å². The van der Waals surface area contributed by atoms with Gasteiger partial charge in [-0.05, 0) is 28.1 Å². The molecule has 0 saturated carbocycles. The maximum absolute atomic E-state index is 13.7. The lowest BCUT2D eigenvalue weighted by Crippen LogP contribution is -2.33.